The van der Waals surface area contributed by atoms with E-state index in [0.717, 1.165) is 55.7 Å². The molecule has 8 aromatic carbocycles. The number of benzene rings is 8. The van der Waals surface area contributed by atoms with Gasteiger partial charge in [0.1, 0.15) is 0 Å². The summed E-state index contributed by atoms with van der Waals surface area (Å²) >= 11 is 0. The molecule has 0 N–H and O–H groups in total. The number of rotatable bonds is 6. The standard InChI is InChI=1S/C51H33N3/c1-3-13-34(14-4-1)35-24-26-36(27-25-35)47-33-48(54-51(53-47)38-15-5-2-6-16-38)42-30-41(46-23-11-19-37-20-12-28-52-50(37)46)31-43(32-42)49-44-21-9-7-17-39(44)29-40-18-8-10-22-45(40)49/h1-33H. The van der Waals surface area contributed by atoms with Crippen LogP contribution in [0.2, 0.25) is 0 Å². The minimum Gasteiger partial charge on any atom is -0.256 e. The Morgan fingerprint density at radius 3 is 1.57 bits per heavy atom. The molecule has 54 heavy (non-hydrogen) atoms. The van der Waals surface area contributed by atoms with Crippen molar-refractivity contribution in [1.29, 1.82) is 0 Å². The lowest BCUT2D eigenvalue weighted by molar-refractivity contribution is 1.18. The number of fused-ring (bicyclic) bond motifs is 3. The summed E-state index contributed by atoms with van der Waals surface area (Å²) in [6.45, 7) is 0. The van der Waals surface area contributed by atoms with Gasteiger partial charge in [0.05, 0.1) is 16.9 Å². The quantitative estimate of drug-likeness (QED) is 0.163. The maximum absolute atomic E-state index is 5.29. The van der Waals surface area contributed by atoms with Gasteiger partial charge < -0.3 is 0 Å². The number of para-hydroxylation sites is 1. The summed E-state index contributed by atoms with van der Waals surface area (Å²) in [5.74, 6) is 0.685. The van der Waals surface area contributed by atoms with Gasteiger partial charge in [-0.15, -0.1) is 0 Å². The van der Waals surface area contributed by atoms with Crippen LogP contribution in [-0.4, -0.2) is 15.0 Å². The van der Waals surface area contributed by atoms with Gasteiger partial charge in [0, 0.05) is 33.8 Å². The Balaban J connectivity index is 1.23. The highest BCUT2D eigenvalue weighted by atomic mass is 14.9. The van der Waals surface area contributed by atoms with Gasteiger partial charge in [0.2, 0.25) is 0 Å². The lowest BCUT2D eigenvalue weighted by Gasteiger charge is -2.17. The molecule has 0 unspecified atom stereocenters. The second-order valence-corrected chi connectivity index (χ2v) is 13.6. The first-order chi connectivity index (χ1) is 26.7. The van der Waals surface area contributed by atoms with Gasteiger partial charge in [-0.05, 0) is 85.8 Å². The number of nitrogens with zero attached hydrogens (tertiary/aromatic N) is 3. The molecule has 0 saturated heterocycles. The summed E-state index contributed by atoms with van der Waals surface area (Å²) in [6, 6.07) is 68.6. The Morgan fingerprint density at radius 1 is 0.315 bits per heavy atom. The molecule has 10 rings (SSSR count). The van der Waals surface area contributed by atoms with Crippen LogP contribution >= 0.6 is 0 Å². The highest BCUT2D eigenvalue weighted by molar-refractivity contribution is 6.13. The van der Waals surface area contributed by atoms with E-state index in [2.05, 4.69) is 164 Å². The minimum atomic E-state index is 0.685. The predicted molar refractivity (Wildman–Crippen MR) is 225 cm³/mol. The van der Waals surface area contributed by atoms with E-state index in [1.807, 2.05) is 36.5 Å². The van der Waals surface area contributed by atoms with Crippen molar-refractivity contribution in [2.75, 3.05) is 0 Å². The fourth-order valence-electron chi connectivity index (χ4n) is 7.66. The summed E-state index contributed by atoms with van der Waals surface area (Å²) in [5.41, 5.74) is 12.5. The fraction of sp³-hybridized carbons (Fsp3) is 0. The van der Waals surface area contributed by atoms with Crippen molar-refractivity contribution in [1.82, 2.24) is 15.0 Å². The number of hydrogen-bond donors (Lipinski definition) is 0. The Hall–Kier alpha value is -7.23. The summed E-state index contributed by atoms with van der Waals surface area (Å²) < 4.78 is 0. The molecule has 0 aliphatic carbocycles. The summed E-state index contributed by atoms with van der Waals surface area (Å²) in [5, 5.41) is 5.94. The lowest BCUT2D eigenvalue weighted by Crippen LogP contribution is -1.97. The van der Waals surface area contributed by atoms with Crippen molar-refractivity contribution in [3.8, 4) is 67.3 Å². The molecule has 2 aromatic heterocycles. The van der Waals surface area contributed by atoms with E-state index in [1.165, 1.54) is 38.2 Å². The van der Waals surface area contributed by atoms with E-state index in [9.17, 15) is 0 Å². The van der Waals surface area contributed by atoms with Crippen LogP contribution in [0.25, 0.3) is 99.7 Å². The smallest absolute Gasteiger partial charge is 0.160 e. The van der Waals surface area contributed by atoms with E-state index >= 15 is 0 Å². The Labute approximate surface area is 313 Å². The minimum absolute atomic E-state index is 0.685. The molecule has 252 valence electrons. The third kappa shape index (κ3) is 5.78. The summed E-state index contributed by atoms with van der Waals surface area (Å²) in [6.07, 6.45) is 1.88. The van der Waals surface area contributed by atoms with Crippen LogP contribution in [0.3, 0.4) is 0 Å². The normalized spacial score (nSPS) is 11.3. The molecule has 0 bridgehead atoms. The van der Waals surface area contributed by atoms with Gasteiger partial charge in [-0.25, -0.2) is 9.97 Å². The maximum atomic E-state index is 5.29. The van der Waals surface area contributed by atoms with Gasteiger partial charge in [-0.1, -0.05) is 158 Å². The number of aromatic nitrogens is 3. The Bertz CT molecular complexity index is 2910. The molecule has 3 nitrogen and oxygen atoms in total. The van der Waals surface area contributed by atoms with E-state index in [-0.39, 0.29) is 0 Å². The van der Waals surface area contributed by atoms with Crippen LogP contribution in [0.5, 0.6) is 0 Å². The first-order valence-electron chi connectivity index (χ1n) is 18.3. The van der Waals surface area contributed by atoms with Crippen LogP contribution in [0, 0.1) is 0 Å². The number of hydrogen-bond acceptors (Lipinski definition) is 3. The molecule has 2 heterocycles. The van der Waals surface area contributed by atoms with Gasteiger partial charge in [-0.3, -0.25) is 4.98 Å². The average Bonchev–Trinajstić information content (AvgIpc) is 3.25. The fourth-order valence-corrected chi connectivity index (χ4v) is 7.66. The third-order valence-corrected chi connectivity index (χ3v) is 10.3. The van der Waals surface area contributed by atoms with Gasteiger partial charge >= 0.3 is 0 Å². The molecule has 0 spiro atoms. The zero-order valence-electron chi connectivity index (χ0n) is 29.4. The molecule has 0 aliphatic rings. The molecular weight excluding hydrogens is 655 g/mol. The van der Waals surface area contributed by atoms with Gasteiger partial charge in [0.25, 0.3) is 0 Å². The highest BCUT2D eigenvalue weighted by Gasteiger charge is 2.17. The van der Waals surface area contributed by atoms with Crippen LogP contribution in [0.4, 0.5) is 0 Å². The molecule has 0 saturated carbocycles. The van der Waals surface area contributed by atoms with Crippen molar-refractivity contribution in [3.05, 3.63) is 200 Å². The molecular formula is C51H33N3. The lowest BCUT2D eigenvalue weighted by atomic mass is 9.88. The summed E-state index contributed by atoms with van der Waals surface area (Å²) in [7, 11) is 0. The topological polar surface area (TPSA) is 38.7 Å². The molecule has 0 aliphatic heterocycles. The molecule has 3 heteroatoms. The first-order valence-corrected chi connectivity index (χ1v) is 18.3. The van der Waals surface area contributed by atoms with Crippen LogP contribution in [0.15, 0.2) is 200 Å². The highest BCUT2D eigenvalue weighted by Crippen LogP contribution is 2.41. The van der Waals surface area contributed by atoms with Gasteiger partial charge in [-0.2, -0.15) is 0 Å². The zero-order valence-corrected chi connectivity index (χ0v) is 29.4. The molecule has 0 amide bonds. The van der Waals surface area contributed by atoms with Crippen molar-refractivity contribution >= 4 is 32.4 Å². The van der Waals surface area contributed by atoms with Crippen LogP contribution < -0.4 is 0 Å². The van der Waals surface area contributed by atoms with E-state index < -0.39 is 0 Å². The van der Waals surface area contributed by atoms with Crippen molar-refractivity contribution in [2.45, 2.75) is 0 Å². The molecule has 0 fully saturated rings. The summed E-state index contributed by atoms with van der Waals surface area (Å²) in [4.78, 5) is 15.3. The van der Waals surface area contributed by atoms with Crippen molar-refractivity contribution in [2.24, 2.45) is 0 Å². The van der Waals surface area contributed by atoms with Crippen molar-refractivity contribution < 1.29 is 0 Å². The van der Waals surface area contributed by atoms with Crippen molar-refractivity contribution in [3.63, 3.8) is 0 Å². The number of pyridine rings is 1. The van der Waals surface area contributed by atoms with Crippen LogP contribution in [0.1, 0.15) is 0 Å². The Morgan fingerprint density at radius 2 is 0.852 bits per heavy atom. The second kappa shape index (κ2) is 13.4. The zero-order chi connectivity index (χ0) is 35.8. The molecule has 0 atom stereocenters. The predicted octanol–water partition coefficient (Wildman–Crippen LogP) is 13.3. The van der Waals surface area contributed by atoms with E-state index in [1.54, 1.807) is 0 Å². The average molecular weight is 688 g/mol. The van der Waals surface area contributed by atoms with E-state index in [4.69, 9.17) is 15.0 Å². The largest absolute Gasteiger partial charge is 0.256 e. The Kier molecular flexibility index (Phi) is 7.81. The van der Waals surface area contributed by atoms with Gasteiger partial charge in [0.15, 0.2) is 5.82 Å². The van der Waals surface area contributed by atoms with Crippen LogP contribution in [-0.2, 0) is 0 Å². The maximum Gasteiger partial charge on any atom is 0.160 e. The SMILES string of the molecule is c1ccc(-c2ccc(-c3cc(-c4cc(-c5c6ccccc6cc6ccccc56)cc(-c5cccc6cccnc56)c4)nc(-c4ccccc4)n3)cc2)cc1. The third-order valence-electron chi connectivity index (χ3n) is 10.3. The molecule has 10 aromatic rings. The molecule has 0 radical (unpaired) electrons. The first kappa shape index (κ1) is 31.5. The second-order valence-electron chi connectivity index (χ2n) is 13.6. The van der Waals surface area contributed by atoms with E-state index in [0.29, 0.717) is 5.82 Å². The monoisotopic (exact) mass is 687 g/mol.